The molecule has 0 rings (SSSR count). The van der Waals surface area contributed by atoms with Crippen molar-refractivity contribution in [3.05, 3.63) is 0 Å². The average molecular weight is 297 g/mol. The minimum absolute atomic E-state index is 0.881. The molecule has 112 valence electrons. The van der Waals surface area contributed by atoms with Gasteiger partial charge in [0.05, 0.1) is 0 Å². The van der Waals surface area contributed by atoms with Gasteiger partial charge in [-0.3, -0.25) is 0 Å². The van der Waals surface area contributed by atoms with E-state index < -0.39 is 8.80 Å². The Labute approximate surface area is 117 Å². The molecule has 0 aliphatic carbocycles. The third kappa shape index (κ3) is 11.4. The van der Waals surface area contributed by atoms with Crippen LogP contribution in [-0.4, -0.2) is 47.2 Å². The monoisotopic (exact) mass is 296 g/mol. The largest absolute Gasteiger partial charge is 0.500 e. The van der Waals surface area contributed by atoms with Crippen molar-refractivity contribution in [2.45, 2.75) is 52.0 Å². The highest BCUT2D eigenvalue weighted by Crippen LogP contribution is 2.17. The molecule has 0 saturated carbocycles. The summed E-state index contributed by atoms with van der Waals surface area (Å²) in [6, 6.07) is 0.931. The van der Waals surface area contributed by atoms with E-state index in [0.717, 1.165) is 29.6 Å². The minimum atomic E-state index is -2.28. The van der Waals surface area contributed by atoms with Gasteiger partial charge in [0.2, 0.25) is 0 Å². The summed E-state index contributed by atoms with van der Waals surface area (Å²) in [4.78, 5) is 0. The van der Waals surface area contributed by atoms with Gasteiger partial charge in [-0.05, 0) is 13.3 Å². The zero-order chi connectivity index (χ0) is 14.3. The van der Waals surface area contributed by atoms with Crippen molar-refractivity contribution >= 4 is 19.3 Å². The smallest absolute Gasteiger partial charge is 0.428 e. The third-order valence-corrected chi connectivity index (χ3v) is 6.22. The summed E-state index contributed by atoms with van der Waals surface area (Å²) in [5.74, 6) is 0. The van der Waals surface area contributed by atoms with E-state index in [-0.39, 0.29) is 0 Å². The van der Waals surface area contributed by atoms with Crippen LogP contribution < -0.4 is 0 Å². The number of rotatable bonds is 10. The molecule has 0 bridgehead atoms. The van der Waals surface area contributed by atoms with Crippen LogP contribution in [0.4, 0.5) is 0 Å². The van der Waals surface area contributed by atoms with Gasteiger partial charge in [0.1, 0.15) is 10.5 Å². The first-order valence-corrected chi connectivity index (χ1v) is 9.55. The molecule has 0 amide bonds. The minimum Gasteiger partial charge on any atom is -0.428 e. The Morgan fingerprint density at radius 3 is 1.61 bits per heavy atom. The Kier molecular flexibility index (Phi) is 17.5. The molecule has 0 aliphatic heterocycles. The first-order chi connectivity index (χ1) is 8.66. The summed E-state index contributed by atoms with van der Waals surface area (Å²) in [5, 5.41) is 0. The summed E-state index contributed by atoms with van der Waals surface area (Å²) < 4.78 is 20.7. The second-order valence-electron chi connectivity index (χ2n) is 4.04. The lowest BCUT2D eigenvalue weighted by atomic mass is 10.2. The number of unbranched alkanes of at least 4 members (excludes halogenated alkanes) is 4. The second kappa shape index (κ2) is 15.3. The van der Waals surface area contributed by atoms with Gasteiger partial charge < -0.3 is 17.7 Å². The molecule has 0 N–H and O–H groups in total. The summed E-state index contributed by atoms with van der Waals surface area (Å²) in [6.45, 7) is 5.09. The Morgan fingerprint density at radius 1 is 0.833 bits per heavy atom. The quantitative estimate of drug-likeness (QED) is 0.457. The molecule has 0 aromatic rings. The van der Waals surface area contributed by atoms with Crippen molar-refractivity contribution in [2.24, 2.45) is 0 Å². The van der Waals surface area contributed by atoms with Gasteiger partial charge in [0.25, 0.3) is 0 Å². The molecule has 0 fully saturated rings. The lowest BCUT2D eigenvalue weighted by Gasteiger charge is -2.24. The second-order valence-corrected chi connectivity index (χ2v) is 7.71. The van der Waals surface area contributed by atoms with E-state index >= 15 is 0 Å². The van der Waals surface area contributed by atoms with Gasteiger partial charge in [-0.15, -0.1) is 0 Å². The van der Waals surface area contributed by atoms with E-state index in [2.05, 4.69) is 11.3 Å². The van der Waals surface area contributed by atoms with Crippen LogP contribution in [0.2, 0.25) is 6.04 Å². The van der Waals surface area contributed by atoms with E-state index in [1.807, 2.05) is 6.92 Å². The first-order valence-electron chi connectivity index (χ1n) is 6.80. The standard InChI is InChI=1S/C10H24O3Si.C2H8OSi/c1-5-6-7-8-9-10-14(11-2,12-3)13-4;1-2-3-4/h5-10H2,1-4H3;2H2,1,4H3. The maximum atomic E-state index is 5.34. The van der Waals surface area contributed by atoms with Crippen molar-refractivity contribution in [3.63, 3.8) is 0 Å². The Balaban J connectivity index is 0. The first kappa shape index (κ1) is 20.6. The molecule has 0 aliphatic rings. The Bertz CT molecular complexity index is 145. The predicted octanol–water partition coefficient (Wildman–Crippen LogP) is 2.14. The summed E-state index contributed by atoms with van der Waals surface area (Å²) in [5.41, 5.74) is 0. The SMILES string of the molecule is CCCCCCC[Si](OC)(OC)OC.CCO[SiH3]. The fourth-order valence-electron chi connectivity index (χ4n) is 1.50. The van der Waals surface area contributed by atoms with Crippen molar-refractivity contribution in [2.75, 3.05) is 27.9 Å². The van der Waals surface area contributed by atoms with Crippen LogP contribution in [0.3, 0.4) is 0 Å². The summed E-state index contributed by atoms with van der Waals surface area (Å²) in [6.07, 6.45) is 6.29. The molecule has 0 radical (unpaired) electrons. The lowest BCUT2D eigenvalue weighted by Crippen LogP contribution is -2.42. The van der Waals surface area contributed by atoms with Gasteiger partial charge in [0.15, 0.2) is 0 Å². The van der Waals surface area contributed by atoms with Crippen LogP contribution in [0.15, 0.2) is 0 Å². The van der Waals surface area contributed by atoms with Crippen molar-refractivity contribution < 1.29 is 17.7 Å². The number of hydrogen-bond donors (Lipinski definition) is 0. The topological polar surface area (TPSA) is 36.9 Å². The zero-order valence-electron chi connectivity index (χ0n) is 13.1. The van der Waals surface area contributed by atoms with E-state index in [1.54, 1.807) is 21.3 Å². The molecule has 6 heteroatoms. The van der Waals surface area contributed by atoms with Gasteiger partial charge in [-0.1, -0.05) is 32.6 Å². The molecule has 18 heavy (non-hydrogen) atoms. The Morgan fingerprint density at radius 2 is 1.28 bits per heavy atom. The summed E-state index contributed by atoms with van der Waals surface area (Å²) >= 11 is 0. The molecule has 0 atom stereocenters. The van der Waals surface area contributed by atoms with Crippen molar-refractivity contribution in [1.29, 1.82) is 0 Å². The van der Waals surface area contributed by atoms with Crippen molar-refractivity contribution in [3.8, 4) is 0 Å². The molecular weight excluding hydrogens is 264 g/mol. The van der Waals surface area contributed by atoms with E-state index in [9.17, 15) is 0 Å². The zero-order valence-corrected chi connectivity index (χ0v) is 16.1. The van der Waals surface area contributed by atoms with Gasteiger partial charge in [0, 0.05) is 34.0 Å². The van der Waals surface area contributed by atoms with Crippen LogP contribution in [0.5, 0.6) is 0 Å². The molecule has 0 spiro atoms. The van der Waals surface area contributed by atoms with E-state index in [0.29, 0.717) is 0 Å². The molecular formula is C12H32O4Si2. The molecule has 4 nitrogen and oxygen atoms in total. The third-order valence-electron chi connectivity index (χ3n) is 2.81. The summed E-state index contributed by atoms with van der Waals surface area (Å²) in [7, 11) is 3.63. The van der Waals surface area contributed by atoms with Crippen molar-refractivity contribution in [1.82, 2.24) is 0 Å². The van der Waals surface area contributed by atoms with Crippen LogP contribution >= 0.6 is 0 Å². The maximum absolute atomic E-state index is 5.34. The normalized spacial score (nSPS) is 11.2. The average Bonchev–Trinajstić information content (AvgIpc) is 2.44. The van der Waals surface area contributed by atoms with E-state index in [1.165, 1.54) is 25.7 Å². The molecule has 0 heterocycles. The number of hydrogen-bond acceptors (Lipinski definition) is 4. The van der Waals surface area contributed by atoms with Gasteiger partial charge in [-0.2, -0.15) is 0 Å². The fraction of sp³-hybridized carbons (Fsp3) is 1.00. The predicted molar refractivity (Wildman–Crippen MR) is 81.9 cm³/mol. The van der Waals surface area contributed by atoms with Crippen LogP contribution in [0.25, 0.3) is 0 Å². The van der Waals surface area contributed by atoms with Crippen LogP contribution in [-0.2, 0) is 17.7 Å². The fourth-order valence-corrected chi connectivity index (χ4v) is 3.30. The lowest BCUT2D eigenvalue weighted by molar-refractivity contribution is 0.122. The van der Waals surface area contributed by atoms with Gasteiger partial charge in [-0.25, -0.2) is 0 Å². The van der Waals surface area contributed by atoms with Crippen LogP contribution in [0, 0.1) is 0 Å². The van der Waals surface area contributed by atoms with Crippen LogP contribution in [0.1, 0.15) is 46.0 Å². The van der Waals surface area contributed by atoms with E-state index in [4.69, 9.17) is 13.3 Å². The Hall–Kier alpha value is 0.274. The maximum Gasteiger partial charge on any atom is 0.500 e. The molecule has 0 aromatic heterocycles. The highest BCUT2D eigenvalue weighted by atomic mass is 28.4. The highest BCUT2D eigenvalue weighted by molar-refractivity contribution is 6.60. The van der Waals surface area contributed by atoms with Gasteiger partial charge >= 0.3 is 8.80 Å². The molecule has 0 unspecified atom stereocenters. The highest BCUT2D eigenvalue weighted by Gasteiger charge is 2.36. The molecule has 0 aromatic carbocycles. The molecule has 0 saturated heterocycles.